The molecule has 0 amide bonds. The Kier molecular flexibility index (Phi) is 4.77. The minimum atomic E-state index is 0.774. The molecule has 0 radical (unpaired) electrons. The van der Waals surface area contributed by atoms with Crippen molar-refractivity contribution in [3.8, 4) is 0 Å². The van der Waals surface area contributed by atoms with Gasteiger partial charge in [-0.15, -0.1) is 0 Å². The first kappa shape index (κ1) is 11.3. The Balaban J connectivity index is 2.49. The molecule has 0 saturated carbocycles. The number of benzene rings is 1. The molecule has 0 atom stereocenters. The predicted octanol–water partition coefficient (Wildman–Crippen LogP) is 3.10. The van der Waals surface area contributed by atoms with Crippen LogP contribution in [0, 0.1) is 6.92 Å². The van der Waals surface area contributed by atoms with Crippen LogP contribution in [0.4, 0.5) is 5.69 Å². The van der Waals surface area contributed by atoms with Crippen molar-refractivity contribution in [1.29, 1.82) is 0 Å². The van der Waals surface area contributed by atoms with Crippen LogP contribution in [0.5, 0.6) is 0 Å². The lowest BCUT2D eigenvalue weighted by molar-refractivity contribution is 0.198. The second-order valence-electron chi connectivity index (χ2n) is 3.20. The van der Waals surface area contributed by atoms with Crippen LogP contribution in [0.1, 0.15) is 12.0 Å². The molecule has 0 aromatic heterocycles. The minimum Gasteiger partial charge on any atom is -0.385 e. The van der Waals surface area contributed by atoms with Gasteiger partial charge in [-0.25, -0.2) is 0 Å². The molecule has 0 aliphatic heterocycles. The summed E-state index contributed by atoms with van der Waals surface area (Å²) in [5.74, 6) is 0. The molecular formula is C11H16ClNO. The maximum atomic E-state index is 6.05. The van der Waals surface area contributed by atoms with E-state index in [1.807, 2.05) is 25.1 Å². The van der Waals surface area contributed by atoms with Gasteiger partial charge in [-0.3, -0.25) is 0 Å². The van der Waals surface area contributed by atoms with Crippen molar-refractivity contribution in [3.05, 3.63) is 28.8 Å². The molecule has 0 aliphatic rings. The third-order valence-electron chi connectivity index (χ3n) is 2.05. The first-order chi connectivity index (χ1) is 6.75. The molecule has 2 nitrogen and oxygen atoms in total. The number of nitrogens with one attached hydrogen (secondary N) is 1. The van der Waals surface area contributed by atoms with Gasteiger partial charge in [0.05, 0.1) is 10.7 Å². The fraction of sp³-hybridized carbons (Fsp3) is 0.455. The largest absolute Gasteiger partial charge is 0.385 e. The number of anilines is 1. The summed E-state index contributed by atoms with van der Waals surface area (Å²) in [5.41, 5.74) is 2.21. The highest BCUT2D eigenvalue weighted by atomic mass is 35.5. The SMILES string of the molecule is COCCCNc1c(C)cccc1Cl. The van der Waals surface area contributed by atoms with Crippen LogP contribution < -0.4 is 5.32 Å². The number of halogens is 1. The monoisotopic (exact) mass is 213 g/mol. The molecular weight excluding hydrogens is 198 g/mol. The van der Waals surface area contributed by atoms with E-state index in [4.69, 9.17) is 16.3 Å². The number of para-hydroxylation sites is 1. The zero-order chi connectivity index (χ0) is 10.4. The zero-order valence-electron chi connectivity index (χ0n) is 8.64. The van der Waals surface area contributed by atoms with E-state index in [0.29, 0.717) is 0 Å². The lowest BCUT2D eigenvalue weighted by Crippen LogP contribution is -2.06. The fourth-order valence-corrected chi connectivity index (χ4v) is 1.57. The third kappa shape index (κ3) is 3.20. The van der Waals surface area contributed by atoms with Gasteiger partial charge in [-0.1, -0.05) is 23.7 Å². The van der Waals surface area contributed by atoms with Crippen molar-refractivity contribution in [2.45, 2.75) is 13.3 Å². The Morgan fingerprint density at radius 3 is 2.86 bits per heavy atom. The Bertz CT molecular complexity index is 268. The summed E-state index contributed by atoms with van der Waals surface area (Å²) in [6, 6.07) is 5.90. The van der Waals surface area contributed by atoms with Crippen LogP contribution in [-0.2, 0) is 4.74 Å². The quantitative estimate of drug-likeness (QED) is 0.759. The van der Waals surface area contributed by atoms with E-state index in [2.05, 4.69) is 5.32 Å². The van der Waals surface area contributed by atoms with Gasteiger partial charge in [0, 0.05) is 20.3 Å². The second-order valence-corrected chi connectivity index (χ2v) is 3.61. The highest BCUT2D eigenvalue weighted by Gasteiger charge is 2.01. The molecule has 14 heavy (non-hydrogen) atoms. The van der Waals surface area contributed by atoms with E-state index in [-0.39, 0.29) is 0 Å². The van der Waals surface area contributed by atoms with E-state index in [1.54, 1.807) is 7.11 Å². The molecule has 0 aliphatic carbocycles. The van der Waals surface area contributed by atoms with Crippen LogP contribution >= 0.6 is 11.6 Å². The van der Waals surface area contributed by atoms with E-state index >= 15 is 0 Å². The summed E-state index contributed by atoms with van der Waals surface area (Å²) < 4.78 is 4.97. The highest BCUT2D eigenvalue weighted by Crippen LogP contribution is 2.24. The molecule has 78 valence electrons. The van der Waals surface area contributed by atoms with Gasteiger partial charge < -0.3 is 10.1 Å². The van der Waals surface area contributed by atoms with Crippen molar-refractivity contribution in [3.63, 3.8) is 0 Å². The van der Waals surface area contributed by atoms with E-state index < -0.39 is 0 Å². The topological polar surface area (TPSA) is 21.3 Å². The summed E-state index contributed by atoms with van der Waals surface area (Å²) >= 11 is 6.05. The first-order valence-electron chi connectivity index (χ1n) is 4.73. The summed E-state index contributed by atoms with van der Waals surface area (Å²) in [4.78, 5) is 0. The van der Waals surface area contributed by atoms with Crippen molar-refractivity contribution >= 4 is 17.3 Å². The van der Waals surface area contributed by atoms with Crippen molar-refractivity contribution in [2.75, 3.05) is 25.6 Å². The standard InChI is InChI=1S/C11H16ClNO/c1-9-5-3-6-10(12)11(9)13-7-4-8-14-2/h3,5-6,13H,4,7-8H2,1-2H3. The molecule has 0 bridgehead atoms. The maximum absolute atomic E-state index is 6.05. The van der Waals surface area contributed by atoms with Gasteiger partial charge in [-0.05, 0) is 25.0 Å². The molecule has 1 N–H and O–H groups in total. The highest BCUT2D eigenvalue weighted by molar-refractivity contribution is 6.33. The van der Waals surface area contributed by atoms with E-state index in [9.17, 15) is 0 Å². The number of hydrogen-bond acceptors (Lipinski definition) is 2. The van der Waals surface area contributed by atoms with Crippen LogP contribution in [-0.4, -0.2) is 20.3 Å². The molecule has 0 heterocycles. The van der Waals surface area contributed by atoms with Gasteiger partial charge in [0.2, 0.25) is 0 Å². The Labute approximate surface area is 90.2 Å². The molecule has 3 heteroatoms. The Morgan fingerprint density at radius 1 is 1.43 bits per heavy atom. The lowest BCUT2D eigenvalue weighted by Gasteiger charge is -2.10. The van der Waals surface area contributed by atoms with Gasteiger partial charge in [0.15, 0.2) is 0 Å². The number of ether oxygens (including phenoxy) is 1. The fourth-order valence-electron chi connectivity index (χ4n) is 1.29. The molecule has 1 rings (SSSR count). The Morgan fingerprint density at radius 2 is 2.21 bits per heavy atom. The van der Waals surface area contributed by atoms with Gasteiger partial charge in [0.1, 0.15) is 0 Å². The minimum absolute atomic E-state index is 0.774. The zero-order valence-corrected chi connectivity index (χ0v) is 9.40. The average Bonchev–Trinajstić information content (AvgIpc) is 2.16. The Hall–Kier alpha value is -0.730. The van der Waals surface area contributed by atoms with Gasteiger partial charge >= 0.3 is 0 Å². The van der Waals surface area contributed by atoms with E-state index in [1.165, 1.54) is 5.56 Å². The van der Waals surface area contributed by atoms with Crippen molar-refractivity contribution in [2.24, 2.45) is 0 Å². The summed E-state index contributed by atoms with van der Waals surface area (Å²) in [7, 11) is 1.71. The third-order valence-corrected chi connectivity index (χ3v) is 2.36. The molecule has 0 fully saturated rings. The molecule has 0 saturated heterocycles. The smallest absolute Gasteiger partial charge is 0.0640 e. The maximum Gasteiger partial charge on any atom is 0.0640 e. The predicted molar refractivity (Wildman–Crippen MR) is 61.2 cm³/mol. The number of rotatable bonds is 5. The van der Waals surface area contributed by atoms with Crippen LogP contribution in [0.2, 0.25) is 5.02 Å². The van der Waals surface area contributed by atoms with Crippen LogP contribution in [0.3, 0.4) is 0 Å². The normalized spacial score (nSPS) is 10.2. The molecule has 1 aromatic carbocycles. The second kappa shape index (κ2) is 5.89. The summed E-state index contributed by atoms with van der Waals surface area (Å²) in [6.45, 7) is 3.71. The average molecular weight is 214 g/mol. The number of methoxy groups -OCH3 is 1. The van der Waals surface area contributed by atoms with E-state index in [0.717, 1.165) is 30.3 Å². The van der Waals surface area contributed by atoms with Crippen LogP contribution in [0.15, 0.2) is 18.2 Å². The van der Waals surface area contributed by atoms with Gasteiger partial charge in [-0.2, -0.15) is 0 Å². The van der Waals surface area contributed by atoms with Gasteiger partial charge in [0.25, 0.3) is 0 Å². The molecule has 1 aromatic rings. The first-order valence-corrected chi connectivity index (χ1v) is 5.11. The molecule has 0 unspecified atom stereocenters. The van der Waals surface area contributed by atoms with Crippen molar-refractivity contribution in [1.82, 2.24) is 0 Å². The van der Waals surface area contributed by atoms with Crippen molar-refractivity contribution < 1.29 is 4.74 Å². The number of aryl methyl sites for hydroxylation is 1. The van der Waals surface area contributed by atoms with Crippen LogP contribution in [0.25, 0.3) is 0 Å². The summed E-state index contributed by atoms with van der Waals surface area (Å²) in [6.07, 6.45) is 0.987. The molecule has 0 spiro atoms. The lowest BCUT2D eigenvalue weighted by atomic mass is 10.2. The number of hydrogen-bond donors (Lipinski definition) is 1. The summed E-state index contributed by atoms with van der Waals surface area (Å²) in [5, 5.41) is 4.08.